The summed E-state index contributed by atoms with van der Waals surface area (Å²) in [4.78, 5) is 0. The number of methoxy groups -OCH3 is 3. The smallest absolute Gasteiger partial charge is 0.128 e. The van der Waals surface area contributed by atoms with Crippen molar-refractivity contribution in [3.8, 4) is 11.5 Å². The van der Waals surface area contributed by atoms with Crippen molar-refractivity contribution in [3.05, 3.63) is 23.3 Å². The molecule has 0 saturated heterocycles. The van der Waals surface area contributed by atoms with E-state index in [0.29, 0.717) is 13.0 Å². The van der Waals surface area contributed by atoms with Gasteiger partial charge in [-0.2, -0.15) is 0 Å². The number of aliphatic hydroxyl groups is 1. The molecule has 1 unspecified atom stereocenters. The molecule has 1 aromatic carbocycles. The lowest BCUT2D eigenvalue weighted by molar-refractivity contribution is 0.180. The Hall–Kier alpha value is -1.26. The first-order valence-electron chi connectivity index (χ1n) is 5.53. The highest BCUT2D eigenvalue weighted by molar-refractivity contribution is 5.46. The van der Waals surface area contributed by atoms with Crippen LogP contribution < -0.4 is 9.47 Å². The molecule has 0 bridgehead atoms. The molecule has 1 rings (SSSR count). The van der Waals surface area contributed by atoms with E-state index >= 15 is 0 Å². The van der Waals surface area contributed by atoms with Crippen LogP contribution in [0.5, 0.6) is 11.5 Å². The highest BCUT2D eigenvalue weighted by atomic mass is 16.5. The van der Waals surface area contributed by atoms with Crippen LogP contribution in [0.4, 0.5) is 0 Å². The van der Waals surface area contributed by atoms with Crippen LogP contribution in [0.25, 0.3) is 0 Å². The number of benzene rings is 1. The van der Waals surface area contributed by atoms with Crippen molar-refractivity contribution in [2.75, 3.05) is 21.3 Å². The Kier molecular flexibility index (Phi) is 5.25. The Morgan fingerprint density at radius 2 is 1.65 bits per heavy atom. The van der Waals surface area contributed by atoms with Crippen LogP contribution in [0.15, 0.2) is 12.1 Å². The lowest BCUT2D eigenvalue weighted by Crippen LogP contribution is -2.07. The summed E-state index contributed by atoms with van der Waals surface area (Å²) in [6.45, 7) is 2.22. The monoisotopic (exact) mass is 240 g/mol. The van der Waals surface area contributed by atoms with Crippen LogP contribution >= 0.6 is 0 Å². The van der Waals surface area contributed by atoms with Crippen LogP contribution in [0.3, 0.4) is 0 Å². The zero-order chi connectivity index (χ0) is 12.8. The average Bonchev–Trinajstić information content (AvgIpc) is 2.29. The van der Waals surface area contributed by atoms with E-state index in [1.165, 1.54) is 0 Å². The second-order valence-corrected chi connectivity index (χ2v) is 3.96. The molecule has 0 heterocycles. The van der Waals surface area contributed by atoms with Crippen molar-refractivity contribution >= 4 is 0 Å². The first kappa shape index (κ1) is 13.8. The molecule has 0 aromatic heterocycles. The van der Waals surface area contributed by atoms with Crippen molar-refractivity contribution in [3.63, 3.8) is 0 Å². The van der Waals surface area contributed by atoms with E-state index in [2.05, 4.69) is 0 Å². The summed E-state index contributed by atoms with van der Waals surface area (Å²) in [6.07, 6.45) is 0.136. The van der Waals surface area contributed by atoms with E-state index in [-0.39, 0.29) is 0 Å². The molecule has 0 aliphatic heterocycles. The van der Waals surface area contributed by atoms with Gasteiger partial charge >= 0.3 is 0 Å². The summed E-state index contributed by atoms with van der Waals surface area (Å²) >= 11 is 0. The average molecular weight is 240 g/mol. The summed E-state index contributed by atoms with van der Waals surface area (Å²) < 4.78 is 15.7. The van der Waals surface area contributed by atoms with Crippen molar-refractivity contribution < 1.29 is 19.3 Å². The zero-order valence-corrected chi connectivity index (χ0v) is 10.8. The third-order valence-electron chi connectivity index (χ3n) is 2.50. The quantitative estimate of drug-likeness (QED) is 0.823. The minimum absolute atomic E-state index is 0.410. The predicted octanol–water partition coefficient (Wildman–Crippen LogP) is 1.77. The molecule has 0 amide bonds. The van der Waals surface area contributed by atoms with Gasteiger partial charge in [0, 0.05) is 25.2 Å². The maximum Gasteiger partial charge on any atom is 0.128 e. The van der Waals surface area contributed by atoms with E-state index < -0.39 is 6.10 Å². The van der Waals surface area contributed by atoms with Crippen LogP contribution in [0, 0.1) is 0 Å². The topological polar surface area (TPSA) is 47.9 Å². The fourth-order valence-electron chi connectivity index (χ4n) is 1.78. The summed E-state index contributed by atoms with van der Waals surface area (Å²) in [5.74, 6) is 1.46. The van der Waals surface area contributed by atoms with Gasteiger partial charge in [-0.05, 0) is 18.6 Å². The zero-order valence-electron chi connectivity index (χ0n) is 10.8. The molecule has 0 spiro atoms. The minimum Gasteiger partial charge on any atom is -0.496 e. The van der Waals surface area contributed by atoms with Crippen LogP contribution in [0.1, 0.15) is 18.1 Å². The van der Waals surface area contributed by atoms with E-state index in [9.17, 15) is 5.11 Å². The van der Waals surface area contributed by atoms with Gasteiger partial charge in [-0.15, -0.1) is 0 Å². The Morgan fingerprint density at radius 1 is 1.06 bits per heavy atom. The predicted molar refractivity (Wildman–Crippen MR) is 65.6 cm³/mol. The van der Waals surface area contributed by atoms with Gasteiger partial charge in [-0.25, -0.2) is 0 Å². The molecule has 0 radical (unpaired) electrons. The first-order valence-corrected chi connectivity index (χ1v) is 5.53. The largest absolute Gasteiger partial charge is 0.496 e. The van der Waals surface area contributed by atoms with Crippen molar-refractivity contribution in [2.45, 2.75) is 26.1 Å². The van der Waals surface area contributed by atoms with Gasteiger partial charge in [0.25, 0.3) is 0 Å². The van der Waals surface area contributed by atoms with Gasteiger partial charge in [0.2, 0.25) is 0 Å². The third-order valence-corrected chi connectivity index (χ3v) is 2.50. The Labute approximate surface area is 102 Å². The maximum atomic E-state index is 9.45. The van der Waals surface area contributed by atoms with E-state index in [4.69, 9.17) is 14.2 Å². The van der Waals surface area contributed by atoms with Crippen molar-refractivity contribution in [1.29, 1.82) is 0 Å². The van der Waals surface area contributed by atoms with E-state index in [1.807, 2.05) is 12.1 Å². The highest BCUT2D eigenvalue weighted by Gasteiger charge is 2.12. The number of hydrogen-bond donors (Lipinski definition) is 1. The number of ether oxygens (including phenoxy) is 3. The molecule has 4 nitrogen and oxygen atoms in total. The minimum atomic E-state index is -0.410. The van der Waals surface area contributed by atoms with Gasteiger partial charge in [0.1, 0.15) is 11.5 Å². The lowest BCUT2D eigenvalue weighted by atomic mass is 10.0. The van der Waals surface area contributed by atoms with Crippen molar-refractivity contribution in [1.82, 2.24) is 0 Å². The van der Waals surface area contributed by atoms with Gasteiger partial charge in [0.05, 0.1) is 26.9 Å². The number of hydrogen-bond acceptors (Lipinski definition) is 4. The molecular weight excluding hydrogens is 220 g/mol. The van der Waals surface area contributed by atoms with E-state index in [0.717, 1.165) is 22.6 Å². The summed E-state index contributed by atoms with van der Waals surface area (Å²) in [7, 11) is 4.86. The molecule has 1 atom stereocenters. The van der Waals surface area contributed by atoms with Crippen molar-refractivity contribution in [2.24, 2.45) is 0 Å². The standard InChI is InChI=1S/C13H20O4/c1-9(14)5-10-6-11(8-15-2)13(17-4)7-12(10)16-3/h6-7,9,14H,5,8H2,1-4H3. The second-order valence-electron chi connectivity index (χ2n) is 3.96. The Morgan fingerprint density at radius 3 is 2.12 bits per heavy atom. The molecule has 0 aliphatic rings. The molecule has 0 saturated carbocycles. The molecule has 1 aromatic rings. The fraction of sp³-hybridized carbons (Fsp3) is 0.538. The maximum absolute atomic E-state index is 9.45. The number of rotatable bonds is 6. The Balaban J connectivity index is 3.13. The summed E-state index contributed by atoms with van der Waals surface area (Å²) in [6, 6.07) is 3.78. The third kappa shape index (κ3) is 3.61. The number of aliphatic hydroxyl groups excluding tert-OH is 1. The molecule has 1 N–H and O–H groups in total. The summed E-state index contributed by atoms with van der Waals surface area (Å²) in [5.41, 5.74) is 1.90. The highest BCUT2D eigenvalue weighted by Crippen LogP contribution is 2.30. The van der Waals surface area contributed by atoms with Gasteiger partial charge in [-0.3, -0.25) is 0 Å². The normalized spacial score (nSPS) is 12.3. The van der Waals surface area contributed by atoms with E-state index in [1.54, 1.807) is 28.3 Å². The molecule has 17 heavy (non-hydrogen) atoms. The van der Waals surface area contributed by atoms with Crippen LogP contribution in [-0.2, 0) is 17.8 Å². The Bertz CT molecular complexity index is 361. The van der Waals surface area contributed by atoms with Crippen LogP contribution in [-0.4, -0.2) is 32.5 Å². The van der Waals surface area contributed by atoms with Gasteiger partial charge in [-0.1, -0.05) is 0 Å². The van der Waals surface area contributed by atoms with Gasteiger partial charge < -0.3 is 19.3 Å². The molecular formula is C13H20O4. The summed E-state index contributed by atoms with van der Waals surface area (Å²) in [5, 5.41) is 9.45. The molecule has 0 fully saturated rings. The molecule has 0 aliphatic carbocycles. The second kappa shape index (κ2) is 6.47. The first-order chi connectivity index (χ1) is 8.12. The molecule has 4 heteroatoms. The molecule has 96 valence electrons. The fourth-order valence-corrected chi connectivity index (χ4v) is 1.78. The SMILES string of the molecule is COCc1cc(CC(C)O)c(OC)cc1OC. The lowest BCUT2D eigenvalue weighted by Gasteiger charge is -2.15. The van der Waals surface area contributed by atoms with Gasteiger partial charge in [0.15, 0.2) is 0 Å². The van der Waals surface area contributed by atoms with Crippen LogP contribution in [0.2, 0.25) is 0 Å².